The molecule has 0 saturated carbocycles. The number of hydrogen-bond acceptors (Lipinski definition) is 5. The molecule has 0 radical (unpaired) electrons. The molecule has 2 amide bonds. The van der Waals surface area contributed by atoms with E-state index in [-0.39, 0.29) is 11.7 Å². The Morgan fingerprint density at radius 2 is 1.93 bits per heavy atom. The minimum Gasteiger partial charge on any atom is -0.508 e. The van der Waals surface area contributed by atoms with Gasteiger partial charge in [-0.1, -0.05) is 28.9 Å². The van der Waals surface area contributed by atoms with E-state index in [4.69, 9.17) is 9.94 Å². The Kier molecular flexibility index (Phi) is 9.60. The fourth-order valence-electron chi connectivity index (χ4n) is 2.77. The maximum absolute atomic E-state index is 12.5. The van der Waals surface area contributed by atoms with Crippen molar-refractivity contribution in [3.8, 4) is 5.75 Å². The van der Waals surface area contributed by atoms with Crippen molar-refractivity contribution in [3.63, 3.8) is 0 Å². The summed E-state index contributed by atoms with van der Waals surface area (Å²) in [4.78, 5) is 23.6. The summed E-state index contributed by atoms with van der Waals surface area (Å²) in [6.45, 7) is 1.90. The van der Waals surface area contributed by atoms with E-state index in [2.05, 4.69) is 43.8 Å². The molecule has 0 heterocycles. The Morgan fingerprint density at radius 1 is 1.23 bits per heavy atom. The van der Waals surface area contributed by atoms with E-state index < -0.39 is 18.1 Å². The molecular weight excluding hydrogens is 567 g/mol. The third kappa shape index (κ3) is 7.62. The van der Waals surface area contributed by atoms with Crippen molar-refractivity contribution < 1.29 is 24.6 Å². The number of hydrogen-bond donors (Lipinski definition) is 4. The van der Waals surface area contributed by atoms with E-state index in [1.807, 2.05) is 6.92 Å². The summed E-state index contributed by atoms with van der Waals surface area (Å²) in [5, 5.41) is 21.6. The average molecular weight is 589 g/mol. The molecule has 0 aromatic heterocycles. The van der Waals surface area contributed by atoms with Crippen molar-refractivity contribution >= 4 is 56.2 Å². The van der Waals surface area contributed by atoms with Crippen LogP contribution >= 0.6 is 38.5 Å². The maximum atomic E-state index is 12.5. The van der Waals surface area contributed by atoms with E-state index in [1.54, 1.807) is 48.5 Å². The minimum atomic E-state index is -0.699. The first-order chi connectivity index (χ1) is 14.3. The number of nitrogens with one attached hydrogen (secondary N) is 2. The summed E-state index contributed by atoms with van der Waals surface area (Å²) in [6.07, 6.45) is 2.61. The molecule has 30 heavy (non-hydrogen) atoms. The van der Waals surface area contributed by atoms with Gasteiger partial charge in [0, 0.05) is 25.4 Å². The molecule has 0 aliphatic rings. The number of amides is 2. The van der Waals surface area contributed by atoms with Crippen LogP contribution in [0.15, 0.2) is 59.1 Å². The molecule has 2 aromatic rings. The van der Waals surface area contributed by atoms with Crippen molar-refractivity contribution in [1.82, 2.24) is 5.48 Å². The molecule has 7 nitrogen and oxygen atoms in total. The second kappa shape index (κ2) is 11.9. The number of phenols is 1. The van der Waals surface area contributed by atoms with Gasteiger partial charge in [-0.3, -0.25) is 15.3 Å². The first-order valence-corrected chi connectivity index (χ1v) is 11.0. The normalized spacial score (nSPS) is 12.9. The van der Waals surface area contributed by atoms with Gasteiger partial charge >= 0.3 is 6.09 Å². The fourth-order valence-corrected chi connectivity index (χ4v) is 3.55. The number of ether oxygens (including phenoxy) is 1. The Morgan fingerprint density at radius 3 is 2.60 bits per heavy atom. The van der Waals surface area contributed by atoms with Crippen molar-refractivity contribution in [2.45, 2.75) is 25.9 Å². The van der Waals surface area contributed by atoms with Gasteiger partial charge in [0.25, 0.3) is 5.91 Å². The van der Waals surface area contributed by atoms with Crippen LogP contribution in [-0.2, 0) is 9.53 Å². The summed E-state index contributed by atoms with van der Waals surface area (Å²) in [7, 11) is 0. The number of carbonyl (C=O) groups is 2. The van der Waals surface area contributed by atoms with E-state index >= 15 is 0 Å². The molecule has 0 aliphatic carbocycles. The third-order valence-corrected chi connectivity index (χ3v) is 5.51. The lowest BCUT2D eigenvalue weighted by Crippen LogP contribution is -2.22. The number of anilines is 1. The molecule has 0 spiro atoms. The zero-order valence-corrected chi connectivity index (χ0v) is 19.9. The van der Waals surface area contributed by atoms with Crippen LogP contribution < -0.4 is 10.8 Å². The van der Waals surface area contributed by atoms with Gasteiger partial charge in [0.2, 0.25) is 0 Å². The number of hydroxylamine groups is 1. The number of carbonyl (C=O) groups excluding carboxylic acids is 2. The Labute approximate surface area is 196 Å². The average Bonchev–Trinajstić information content (AvgIpc) is 2.72. The van der Waals surface area contributed by atoms with Crippen LogP contribution in [0.2, 0.25) is 0 Å². The van der Waals surface area contributed by atoms with Gasteiger partial charge in [-0.2, -0.15) is 0 Å². The van der Waals surface area contributed by atoms with Crippen molar-refractivity contribution in [2.75, 3.05) is 5.32 Å². The summed E-state index contributed by atoms with van der Waals surface area (Å²) in [5.74, 6) is -0.731. The van der Waals surface area contributed by atoms with Crippen LogP contribution in [-0.4, -0.2) is 22.3 Å². The predicted octanol–water partition coefficient (Wildman–Crippen LogP) is 5.53. The predicted molar refractivity (Wildman–Crippen MR) is 125 cm³/mol. The van der Waals surface area contributed by atoms with Crippen LogP contribution in [0, 0.1) is 9.49 Å². The van der Waals surface area contributed by atoms with Crippen LogP contribution in [0.4, 0.5) is 10.5 Å². The van der Waals surface area contributed by atoms with Gasteiger partial charge in [-0.05, 0) is 83.8 Å². The Bertz CT molecular complexity index is 905. The van der Waals surface area contributed by atoms with Crippen molar-refractivity contribution in [2.24, 2.45) is 5.92 Å². The van der Waals surface area contributed by atoms with E-state index in [0.29, 0.717) is 24.1 Å². The second-order valence-corrected chi connectivity index (χ2v) is 8.76. The lowest BCUT2D eigenvalue weighted by Gasteiger charge is -2.25. The Hall–Kier alpha value is -2.11. The number of phenolic OH excluding ortho intramolecular Hbond substituents is 1. The first-order valence-electron chi connectivity index (χ1n) is 9.12. The molecule has 0 saturated heterocycles. The van der Waals surface area contributed by atoms with Gasteiger partial charge in [0.15, 0.2) is 0 Å². The zero-order chi connectivity index (χ0) is 22.1. The third-order valence-electron chi connectivity index (χ3n) is 4.31. The second-order valence-electron chi connectivity index (χ2n) is 6.59. The molecule has 2 rings (SSSR count). The smallest absolute Gasteiger partial charge is 0.412 e. The van der Waals surface area contributed by atoms with E-state index in [0.717, 1.165) is 8.04 Å². The summed E-state index contributed by atoms with van der Waals surface area (Å²) in [6, 6.07) is 12.2. The highest BCUT2D eigenvalue weighted by atomic mass is 127. The molecular formula is C21H22BrIN2O5. The monoisotopic (exact) mass is 588 g/mol. The maximum Gasteiger partial charge on any atom is 0.412 e. The topological polar surface area (TPSA) is 108 Å². The minimum absolute atomic E-state index is 0.0407. The van der Waals surface area contributed by atoms with Crippen molar-refractivity contribution in [1.29, 1.82) is 0 Å². The number of allylic oxidation sites excluding steroid dienone is 1. The highest BCUT2D eigenvalue weighted by molar-refractivity contribution is 14.1. The lowest BCUT2D eigenvalue weighted by molar-refractivity contribution is -0.124. The molecule has 9 heteroatoms. The Balaban J connectivity index is 2.15. The molecule has 160 valence electrons. The molecule has 0 unspecified atom stereocenters. The summed E-state index contributed by atoms with van der Waals surface area (Å²) in [5.41, 5.74) is 2.62. The van der Waals surface area contributed by atoms with E-state index in [9.17, 15) is 14.7 Å². The van der Waals surface area contributed by atoms with Gasteiger partial charge in [0.05, 0.1) is 0 Å². The number of halogens is 2. The summed E-state index contributed by atoms with van der Waals surface area (Å²) < 4.78 is 7.48. The largest absolute Gasteiger partial charge is 0.508 e. The number of aromatic hydroxyl groups is 1. The standard InChI is InChI=1S/C21H22BrIN2O5/c1-13(4-2-3-5-19(27)25-29)20(17-12-15(23)8-11-18(17)26)30-21(28)24-16-9-6-14(22)7-10-16/h3,5-13,20,26,29H,2,4H2,1H3,(H,24,28)(H,25,27)/b5-3+/t13-,20-/m0/s1. The SMILES string of the molecule is C[C@@H](CC/C=C/C(=O)NO)[C@H](OC(=O)Nc1ccc(Br)cc1)c1cc(I)ccc1O. The highest BCUT2D eigenvalue weighted by Gasteiger charge is 2.26. The first kappa shape index (κ1) is 24.2. The molecule has 0 bridgehead atoms. The fraction of sp³-hybridized carbons (Fsp3) is 0.238. The van der Waals surface area contributed by atoms with Gasteiger partial charge in [0.1, 0.15) is 11.9 Å². The number of benzene rings is 2. The zero-order valence-electron chi connectivity index (χ0n) is 16.1. The number of rotatable bonds is 8. The van der Waals surface area contributed by atoms with Gasteiger partial charge < -0.3 is 9.84 Å². The van der Waals surface area contributed by atoms with Crippen LogP contribution in [0.3, 0.4) is 0 Å². The van der Waals surface area contributed by atoms with Crippen LogP contribution in [0.5, 0.6) is 5.75 Å². The molecule has 2 aromatic carbocycles. The van der Waals surface area contributed by atoms with Gasteiger partial charge in [-0.25, -0.2) is 10.3 Å². The quantitative estimate of drug-likeness (QED) is 0.140. The lowest BCUT2D eigenvalue weighted by atomic mass is 9.92. The van der Waals surface area contributed by atoms with Gasteiger partial charge in [-0.15, -0.1) is 0 Å². The highest BCUT2D eigenvalue weighted by Crippen LogP contribution is 2.36. The molecule has 0 aliphatic heterocycles. The van der Waals surface area contributed by atoms with E-state index in [1.165, 1.54) is 11.6 Å². The molecule has 4 N–H and O–H groups in total. The summed E-state index contributed by atoms with van der Waals surface area (Å²) >= 11 is 5.47. The van der Waals surface area contributed by atoms with Crippen molar-refractivity contribution in [3.05, 3.63) is 68.2 Å². The van der Waals surface area contributed by atoms with Crippen LogP contribution in [0.25, 0.3) is 0 Å². The van der Waals surface area contributed by atoms with Crippen LogP contribution in [0.1, 0.15) is 31.4 Å². The molecule has 0 fully saturated rings. The molecule has 2 atom stereocenters.